The van der Waals surface area contributed by atoms with Crippen LogP contribution in [0.4, 0.5) is 5.69 Å². The van der Waals surface area contributed by atoms with E-state index in [4.69, 9.17) is 0 Å². The number of hydrogen-bond acceptors (Lipinski definition) is 2. The topological polar surface area (TPSA) is 31.1 Å². The molecule has 35 heavy (non-hydrogen) atoms. The highest BCUT2D eigenvalue weighted by molar-refractivity contribution is 8.27. The Morgan fingerprint density at radius 1 is 1.06 bits per heavy atom. The van der Waals surface area contributed by atoms with Crippen LogP contribution in [0.15, 0.2) is 68.8 Å². The Morgan fingerprint density at radius 2 is 1.60 bits per heavy atom. The minimum atomic E-state index is -0.836. The number of anilines is 1. The number of rotatable bonds is 6. The monoisotopic (exact) mass is 495 g/mol. The normalized spacial score (nSPS) is 15.6. The van der Waals surface area contributed by atoms with Gasteiger partial charge in [0.15, 0.2) is 0 Å². The Balaban J connectivity index is 0.00000179. The van der Waals surface area contributed by atoms with Crippen molar-refractivity contribution in [2.75, 3.05) is 30.9 Å². The van der Waals surface area contributed by atoms with Crippen LogP contribution in [0.3, 0.4) is 0 Å². The van der Waals surface area contributed by atoms with Crippen LogP contribution >= 0.6 is 9.21 Å². The average Bonchev–Trinajstić information content (AvgIpc) is 3.22. The third-order valence-corrected chi connectivity index (χ3v) is 7.63. The Morgan fingerprint density at radius 3 is 2.09 bits per heavy atom. The largest absolute Gasteiger partial charge is 0.382 e. The molecule has 0 atom stereocenters. The molecule has 2 aromatic rings. The molecule has 2 heterocycles. The molecule has 3 nitrogen and oxygen atoms in total. The first-order valence-corrected chi connectivity index (χ1v) is 14.6. The van der Waals surface area contributed by atoms with Crippen molar-refractivity contribution in [3.63, 3.8) is 0 Å². The first-order chi connectivity index (χ1) is 16.8. The fourth-order valence-corrected chi connectivity index (χ4v) is 5.66. The Hall–Kier alpha value is -2.69. The van der Waals surface area contributed by atoms with Crippen LogP contribution in [0.1, 0.15) is 44.9 Å². The fraction of sp³-hybridized carbons (Fsp3) is 0.355. The summed E-state index contributed by atoms with van der Waals surface area (Å²) in [5.74, 6) is 10.9. The lowest BCUT2D eigenvalue weighted by atomic mass is 10.0. The maximum absolute atomic E-state index is 4.30. The zero-order valence-corrected chi connectivity index (χ0v) is 23.8. The Bertz CT molecular complexity index is 1090. The number of benzene rings is 1. The number of hydrogen-bond donors (Lipinski definition) is 2. The summed E-state index contributed by atoms with van der Waals surface area (Å²) in [5.41, 5.74) is 4.77. The average molecular weight is 496 g/mol. The van der Waals surface area contributed by atoms with Gasteiger partial charge in [-0.1, -0.05) is 56.5 Å². The third-order valence-electron chi connectivity index (χ3n) is 5.43. The molecule has 0 amide bonds. The number of H-pyrrole nitrogens is 1. The van der Waals surface area contributed by atoms with E-state index in [2.05, 4.69) is 123 Å². The summed E-state index contributed by atoms with van der Waals surface area (Å²) in [6.07, 6.45) is 6.60. The smallest absolute Gasteiger partial charge is 0.0389 e. The second kappa shape index (κ2) is 16.9. The van der Waals surface area contributed by atoms with E-state index in [0.717, 1.165) is 28.6 Å². The lowest BCUT2D eigenvalue weighted by molar-refractivity contribution is 0.397. The minimum Gasteiger partial charge on any atom is -0.382 e. The highest BCUT2D eigenvalue weighted by Gasteiger charge is 2.16. The van der Waals surface area contributed by atoms with Gasteiger partial charge < -0.3 is 15.2 Å². The second-order valence-corrected chi connectivity index (χ2v) is 11.7. The van der Waals surface area contributed by atoms with Crippen LogP contribution < -0.4 is 15.9 Å². The molecule has 0 bridgehead atoms. The summed E-state index contributed by atoms with van der Waals surface area (Å²) < 4.78 is 0. The van der Waals surface area contributed by atoms with Gasteiger partial charge >= 0.3 is 0 Å². The first-order valence-electron chi connectivity index (χ1n) is 12.3. The molecule has 0 saturated carbocycles. The van der Waals surface area contributed by atoms with Crippen molar-refractivity contribution in [2.45, 2.75) is 46.2 Å². The van der Waals surface area contributed by atoms with Gasteiger partial charge in [-0.25, -0.2) is 9.21 Å². The van der Waals surface area contributed by atoms with Crippen molar-refractivity contribution in [1.82, 2.24) is 9.88 Å². The maximum atomic E-state index is 4.30. The Kier molecular flexibility index (Phi) is 15.6. The van der Waals surface area contributed by atoms with Crippen molar-refractivity contribution in [3.05, 3.63) is 90.6 Å². The summed E-state index contributed by atoms with van der Waals surface area (Å²) in [6, 6.07) is 11.6. The summed E-state index contributed by atoms with van der Waals surface area (Å²) in [4.78, 5) is 5.59. The van der Waals surface area contributed by atoms with Crippen LogP contribution in [0.5, 0.6) is 0 Å². The molecule has 1 aliphatic heterocycles. The molecular formula is C31H49N3S. The van der Waals surface area contributed by atoms with E-state index < -0.39 is 9.21 Å². The van der Waals surface area contributed by atoms with Crippen molar-refractivity contribution < 1.29 is 0 Å². The zero-order chi connectivity index (χ0) is 27.0. The molecule has 0 radical (unpaired) electrons. The molecule has 2 N–H and O–H groups in total. The van der Waals surface area contributed by atoms with Gasteiger partial charge in [-0.2, -0.15) is 0 Å². The quantitative estimate of drug-likeness (QED) is 0.373. The van der Waals surface area contributed by atoms with E-state index in [9.17, 15) is 0 Å². The van der Waals surface area contributed by atoms with Gasteiger partial charge in [0.25, 0.3) is 0 Å². The molecule has 1 saturated heterocycles. The van der Waals surface area contributed by atoms with E-state index in [1.165, 1.54) is 35.4 Å². The first kappa shape index (κ1) is 32.3. The third kappa shape index (κ3) is 10.6. The molecule has 194 valence electrons. The fourth-order valence-electron chi connectivity index (χ4n) is 3.89. The summed E-state index contributed by atoms with van der Waals surface area (Å²) in [6.45, 7) is 23.2. The van der Waals surface area contributed by atoms with Crippen LogP contribution in [-0.2, 0) is 6.54 Å². The molecular weight excluding hydrogens is 446 g/mol. The minimum absolute atomic E-state index is 0.536. The van der Waals surface area contributed by atoms with Crippen molar-refractivity contribution >= 4 is 38.8 Å². The zero-order valence-electron chi connectivity index (χ0n) is 23.0. The van der Waals surface area contributed by atoms with E-state index >= 15 is 0 Å². The lowest BCUT2D eigenvalue weighted by Gasteiger charge is -2.29. The predicted octanol–water partition coefficient (Wildman–Crippen LogP) is 6.14. The number of nitrogens with zero attached hydrogens (tertiary/aromatic N) is 1. The van der Waals surface area contributed by atoms with Gasteiger partial charge in [-0.05, 0) is 74.7 Å². The number of aromatic nitrogens is 1. The van der Waals surface area contributed by atoms with Crippen molar-refractivity contribution in [1.29, 1.82) is 0 Å². The molecule has 0 unspecified atom stereocenters. The molecule has 1 aromatic heterocycles. The van der Waals surface area contributed by atoms with E-state index in [1.807, 2.05) is 13.8 Å². The van der Waals surface area contributed by atoms with Gasteiger partial charge in [-0.15, -0.1) is 26.3 Å². The molecule has 1 aliphatic rings. The van der Waals surface area contributed by atoms with Gasteiger partial charge in [0.05, 0.1) is 0 Å². The molecule has 0 aliphatic carbocycles. The standard InChI is InChI=1S/C25H35N3S.C2H6.2C2H4/c1-7-8-24(25-17-23(18-28(3)4)26-19(25)2)20-9-11-21(12-10-20)27-22-13-15-29(5,6)16-14-22;3*1-2/h7-12,17,22,26-27H,2,5-6,13-16,18H2,1,3-4H3;1-2H3;2*1-2H2/b8-7-,25-24+;;;. The van der Waals surface area contributed by atoms with Crippen LogP contribution in [0.2, 0.25) is 0 Å². The molecule has 3 rings (SSSR count). The van der Waals surface area contributed by atoms with Gasteiger partial charge in [0.1, 0.15) is 0 Å². The van der Waals surface area contributed by atoms with Gasteiger partial charge in [0, 0.05) is 34.5 Å². The van der Waals surface area contributed by atoms with Gasteiger partial charge in [-0.3, -0.25) is 0 Å². The SMILES string of the molecule is C=C.C=C.C=c1[nH]c(CN(C)C)c/c1=C(/C=C\C)c1ccc(NC2CCS(=C)(=C)CC2)cc1.CC. The van der Waals surface area contributed by atoms with Crippen LogP contribution in [0.25, 0.3) is 12.2 Å². The Labute approximate surface area is 216 Å². The lowest BCUT2D eigenvalue weighted by Crippen LogP contribution is -2.26. The summed E-state index contributed by atoms with van der Waals surface area (Å²) >= 11 is 0. The van der Waals surface area contributed by atoms with Crippen molar-refractivity contribution in [2.24, 2.45) is 0 Å². The second-order valence-electron chi connectivity index (χ2n) is 8.47. The highest BCUT2D eigenvalue weighted by Crippen LogP contribution is 2.30. The summed E-state index contributed by atoms with van der Waals surface area (Å²) in [7, 11) is 3.32. The number of aromatic amines is 1. The van der Waals surface area contributed by atoms with Crippen LogP contribution in [-0.4, -0.2) is 53.3 Å². The predicted molar refractivity (Wildman–Crippen MR) is 169 cm³/mol. The summed E-state index contributed by atoms with van der Waals surface area (Å²) in [5, 5.41) is 5.83. The van der Waals surface area contributed by atoms with Crippen LogP contribution in [0, 0.1) is 0 Å². The molecule has 1 aromatic carbocycles. The van der Waals surface area contributed by atoms with Gasteiger partial charge in [0.2, 0.25) is 0 Å². The van der Waals surface area contributed by atoms with E-state index in [1.54, 1.807) is 0 Å². The van der Waals surface area contributed by atoms with E-state index in [0.29, 0.717) is 6.04 Å². The molecule has 1 fully saturated rings. The molecule has 4 heteroatoms. The highest BCUT2D eigenvalue weighted by atomic mass is 32.2. The maximum Gasteiger partial charge on any atom is 0.0389 e. The number of allylic oxidation sites excluding steroid dienone is 2. The number of nitrogens with one attached hydrogen (secondary N) is 2. The van der Waals surface area contributed by atoms with E-state index in [-0.39, 0.29) is 0 Å². The van der Waals surface area contributed by atoms with Crippen molar-refractivity contribution in [3.8, 4) is 0 Å². The molecule has 0 spiro atoms.